The minimum atomic E-state index is -0.392. The van der Waals surface area contributed by atoms with Gasteiger partial charge in [-0.15, -0.1) is 11.8 Å². The maximum atomic E-state index is 12.8. The molecule has 1 aromatic rings. The first-order valence-corrected chi connectivity index (χ1v) is 9.35. The second kappa shape index (κ2) is 9.67. The summed E-state index contributed by atoms with van der Waals surface area (Å²) in [4.78, 5) is 24.3. The fraction of sp³-hybridized carbons (Fsp3) is 0.556. The zero-order valence-corrected chi connectivity index (χ0v) is 14.7. The van der Waals surface area contributed by atoms with E-state index in [9.17, 15) is 14.0 Å². The summed E-state index contributed by atoms with van der Waals surface area (Å²) in [6.45, 7) is 2.01. The highest BCUT2D eigenvalue weighted by Crippen LogP contribution is 2.23. The van der Waals surface area contributed by atoms with Crippen molar-refractivity contribution in [2.75, 3.05) is 12.4 Å². The fourth-order valence-corrected chi connectivity index (χ4v) is 3.51. The number of benzene rings is 1. The molecular formula is C18H24FNO3S. The maximum Gasteiger partial charge on any atom is 0.307 e. The number of carbonyl (C=O) groups is 2. The largest absolute Gasteiger partial charge is 0.456 e. The SMILES string of the molecule is CC1CCC(NC(=O)COC(=O)CCSc2ccc(F)cc2)CC1. The molecule has 132 valence electrons. The van der Waals surface area contributed by atoms with E-state index in [1.807, 2.05) is 0 Å². The minimum Gasteiger partial charge on any atom is -0.456 e. The van der Waals surface area contributed by atoms with Crippen LogP contribution in [0.5, 0.6) is 0 Å². The van der Waals surface area contributed by atoms with Crippen LogP contribution in [-0.2, 0) is 14.3 Å². The van der Waals surface area contributed by atoms with E-state index in [0.29, 0.717) is 5.75 Å². The van der Waals surface area contributed by atoms with Crippen molar-refractivity contribution in [1.29, 1.82) is 0 Å². The van der Waals surface area contributed by atoms with Gasteiger partial charge >= 0.3 is 5.97 Å². The number of hydrogen-bond donors (Lipinski definition) is 1. The summed E-state index contributed by atoms with van der Waals surface area (Å²) < 4.78 is 17.8. The molecule has 0 heterocycles. The molecule has 1 amide bonds. The van der Waals surface area contributed by atoms with Gasteiger partial charge in [-0.05, 0) is 55.9 Å². The lowest BCUT2D eigenvalue weighted by molar-refractivity contribution is -0.148. The van der Waals surface area contributed by atoms with Gasteiger partial charge < -0.3 is 10.1 Å². The fourth-order valence-electron chi connectivity index (χ4n) is 2.68. The Kier molecular flexibility index (Phi) is 7.56. The molecule has 0 atom stereocenters. The van der Waals surface area contributed by atoms with Crippen LogP contribution in [0.15, 0.2) is 29.2 Å². The number of ether oxygens (including phenoxy) is 1. The van der Waals surface area contributed by atoms with Gasteiger partial charge in [-0.2, -0.15) is 0 Å². The van der Waals surface area contributed by atoms with Gasteiger partial charge in [0.2, 0.25) is 0 Å². The number of thioether (sulfide) groups is 1. The molecule has 1 aromatic carbocycles. The van der Waals surface area contributed by atoms with Crippen molar-refractivity contribution < 1.29 is 18.7 Å². The summed E-state index contributed by atoms with van der Waals surface area (Å²) in [5, 5.41) is 2.93. The minimum absolute atomic E-state index is 0.210. The van der Waals surface area contributed by atoms with Crippen LogP contribution in [0, 0.1) is 11.7 Å². The first kappa shape index (κ1) is 18.8. The van der Waals surface area contributed by atoms with Gasteiger partial charge in [0, 0.05) is 16.7 Å². The second-order valence-corrected chi connectivity index (χ2v) is 7.41. The van der Waals surface area contributed by atoms with Crippen LogP contribution < -0.4 is 5.32 Å². The average molecular weight is 353 g/mol. The Morgan fingerprint density at radius 3 is 2.54 bits per heavy atom. The third-order valence-electron chi connectivity index (χ3n) is 4.13. The van der Waals surface area contributed by atoms with Crippen molar-refractivity contribution in [1.82, 2.24) is 5.32 Å². The first-order chi connectivity index (χ1) is 11.5. The van der Waals surface area contributed by atoms with Crippen LogP contribution in [0.25, 0.3) is 0 Å². The predicted molar refractivity (Wildman–Crippen MR) is 92.3 cm³/mol. The topological polar surface area (TPSA) is 55.4 Å². The molecule has 0 aromatic heterocycles. The van der Waals surface area contributed by atoms with E-state index in [0.717, 1.165) is 36.5 Å². The van der Waals surface area contributed by atoms with Crippen molar-refractivity contribution in [3.05, 3.63) is 30.1 Å². The van der Waals surface area contributed by atoms with Crippen LogP contribution >= 0.6 is 11.8 Å². The summed E-state index contributed by atoms with van der Waals surface area (Å²) in [6.07, 6.45) is 4.47. The molecule has 2 rings (SSSR count). The quantitative estimate of drug-likeness (QED) is 0.602. The summed E-state index contributed by atoms with van der Waals surface area (Å²) in [7, 11) is 0. The summed E-state index contributed by atoms with van der Waals surface area (Å²) in [5.74, 6) is 0.366. The Bertz CT molecular complexity index is 542. The zero-order valence-electron chi connectivity index (χ0n) is 13.9. The van der Waals surface area contributed by atoms with Gasteiger partial charge in [0.1, 0.15) is 5.82 Å². The molecule has 0 saturated heterocycles. The number of nitrogens with one attached hydrogen (secondary N) is 1. The van der Waals surface area contributed by atoms with E-state index < -0.39 is 5.97 Å². The number of rotatable bonds is 7. The Morgan fingerprint density at radius 2 is 1.88 bits per heavy atom. The maximum absolute atomic E-state index is 12.8. The Balaban J connectivity index is 1.57. The Labute approximate surface area is 146 Å². The van der Waals surface area contributed by atoms with Crippen LogP contribution in [0.2, 0.25) is 0 Å². The molecule has 1 saturated carbocycles. The summed E-state index contributed by atoms with van der Waals surface area (Å²) in [5.41, 5.74) is 0. The highest BCUT2D eigenvalue weighted by Gasteiger charge is 2.20. The number of esters is 1. The average Bonchev–Trinajstić information content (AvgIpc) is 2.57. The number of carbonyl (C=O) groups excluding carboxylic acids is 2. The molecule has 0 unspecified atom stereocenters. The van der Waals surface area contributed by atoms with E-state index >= 15 is 0 Å². The third kappa shape index (κ3) is 6.91. The number of hydrogen-bond acceptors (Lipinski definition) is 4. The van der Waals surface area contributed by atoms with Gasteiger partial charge in [-0.25, -0.2) is 4.39 Å². The van der Waals surface area contributed by atoms with Crippen LogP contribution in [0.4, 0.5) is 4.39 Å². The van der Waals surface area contributed by atoms with E-state index in [-0.39, 0.29) is 30.8 Å². The van der Waals surface area contributed by atoms with Gasteiger partial charge in [0.05, 0.1) is 6.42 Å². The highest BCUT2D eigenvalue weighted by atomic mass is 32.2. The molecular weight excluding hydrogens is 329 g/mol. The Hall–Kier alpha value is -1.56. The highest BCUT2D eigenvalue weighted by molar-refractivity contribution is 7.99. The van der Waals surface area contributed by atoms with Gasteiger partial charge in [0.25, 0.3) is 5.91 Å². The lowest BCUT2D eigenvalue weighted by Gasteiger charge is -2.26. The van der Waals surface area contributed by atoms with Crippen molar-refractivity contribution in [2.45, 2.75) is 50.0 Å². The summed E-state index contributed by atoms with van der Waals surface area (Å²) >= 11 is 1.45. The third-order valence-corrected chi connectivity index (χ3v) is 5.15. The predicted octanol–water partition coefficient (Wildman–Crippen LogP) is 3.55. The summed E-state index contributed by atoms with van der Waals surface area (Å²) in [6, 6.07) is 6.32. The van der Waals surface area contributed by atoms with Crippen molar-refractivity contribution in [2.24, 2.45) is 5.92 Å². The molecule has 1 fully saturated rings. The zero-order chi connectivity index (χ0) is 17.4. The second-order valence-electron chi connectivity index (χ2n) is 6.24. The van der Waals surface area contributed by atoms with E-state index in [1.165, 1.54) is 23.9 Å². The lowest BCUT2D eigenvalue weighted by atomic mass is 9.87. The molecule has 1 N–H and O–H groups in total. The number of amides is 1. The van der Waals surface area contributed by atoms with Gasteiger partial charge in [0.15, 0.2) is 6.61 Å². The van der Waals surface area contributed by atoms with Crippen LogP contribution in [0.3, 0.4) is 0 Å². The van der Waals surface area contributed by atoms with Crippen LogP contribution in [0.1, 0.15) is 39.0 Å². The van der Waals surface area contributed by atoms with Crippen molar-refractivity contribution in [3.8, 4) is 0 Å². The molecule has 1 aliphatic rings. The molecule has 0 radical (unpaired) electrons. The monoisotopic (exact) mass is 353 g/mol. The van der Waals surface area contributed by atoms with E-state index in [2.05, 4.69) is 12.2 Å². The van der Waals surface area contributed by atoms with Crippen molar-refractivity contribution >= 4 is 23.6 Å². The molecule has 24 heavy (non-hydrogen) atoms. The molecule has 0 bridgehead atoms. The van der Waals surface area contributed by atoms with E-state index in [4.69, 9.17) is 4.74 Å². The molecule has 1 aliphatic carbocycles. The standard InChI is InChI=1S/C18H24FNO3S/c1-13-2-6-15(7-3-13)20-17(21)12-23-18(22)10-11-24-16-8-4-14(19)5-9-16/h4-5,8-9,13,15H,2-3,6-7,10-12H2,1H3,(H,20,21). The molecule has 0 spiro atoms. The van der Waals surface area contributed by atoms with Crippen LogP contribution in [-0.4, -0.2) is 30.3 Å². The molecule has 6 heteroatoms. The van der Waals surface area contributed by atoms with Gasteiger partial charge in [-0.1, -0.05) is 6.92 Å². The van der Waals surface area contributed by atoms with Crippen molar-refractivity contribution in [3.63, 3.8) is 0 Å². The van der Waals surface area contributed by atoms with Gasteiger partial charge in [-0.3, -0.25) is 9.59 Å². The normalized spacial score (nSPS) is 20.4. The smallest absolute Gasteiger partial charge is 0.307 e. The molecule has 0 aliphatic heterocycles. The van der Waals surface area contributed by atoms with E-state index in [1.54, 1.807) is 12.1 Å². The lowest BCUT2D eigenvalue weighted by Crippen LogP contribution is -2.39. The molecule has 4 nitrogen and oxygen atoms in total. The first-order valence-electron chi connectivity index (χ1n) is 8.36. The Morgan fingerprint density at radius 1 is 1.21 bits per heavy atom. The number of halogens is 1.